The van der Waals surface area contributed by atoms with Gasteiger partial charge in [0.1, 0.15) is 17.4 Å². The summed E-state index contributed by atoms with van der Waals surface area (Å²) in [4.78, 5) is 5.66. The molecule has 0 amide bonds. The molecule has 0 aliphatic carbocycles. The van der Waals surface area contributed by atoms with E-state index in [2.05, 4.69) is 42.4 Å². The van der Waals surface area contributed by atoms with Gasteiger partial charge in [0.25, 0.3) is 0 Å². The van der Waals surface area contributed by atoms with Crippen molar-refractivity contribution in [1.29, 1.82) is 5.26 Å². The molecule has 1 aromatic heterocycles. The predicted molar refractivity (Wildman–Crippen MR) is 104 cm³/mol. The average Bonchev–Trinajstić information content (AvgIpc) is 3.12. The first-order chi connectivity index (χ1) is 12.6. The Morgan fingerprint density at radius 3 is 2.69 bits per heavy atom. The summed E-state index contributed by atoms with van der Waals surface area (Å²) in [6, 6.07) is 17.9. The van der Waals surface area contributed by atoms with Gasteiger partial charge >= 0.3 is 0 Å². The lowest BCUT2D eigenvalue weighted by Crippen LogP contribution is -2.17. The summed E-state index contributed by atoms with van der Waals surface area (Å²) >= 11 is 1.73. The van der Waals surface area contributed by atoms with Gasteiger partial charge in [-0.25, -0.2) is 4.98 Å². The van der Waals surface area contributed by atoms with E-state index in [-0.39, 0.29) is 6.04 Å². The molecule has 132 valence electrons. The highest BCUT2D eigenvalue weighted by Crippen LogP contribution is 2.20. The highest BCUT2D eigenvalue weighted by Gasteiger charge is 2.08. The molecule has 26 heavy (non-hydrogen) atoms. The van der Waals surface area contributed by atoms with Crippen molar-refractivity contribution in [2.75, 3.05) is 0 Å². The van der Waals surface area contributed by atoms with E-state index in [9.17, 15) is 0 Å². The largest absolute Gasteiger partial charge is 0.489 e. The minimum atomic E-state index is 0.233. The van der Waals surface area contributed by atoms with Crippen LogP contribution in [0.2, 0.25) is 0 Å². The van der Waals surface area contributed by atoms with Crippen LogP contribution in [0, 0.1) is 18.3 Å². The van der Waals surface area contributed by atoms with Gasteiger partial charge in [0.05, 0.1) is 17.7 Å². The summed E-state index contributed by atoms with van der Waals surface area (Å²) in [7, 11) is 0. The number of nitriles is 1. The van der Waals surface area contributed by atoms with Crippen LogP contribution in [0.15, 0.2) is 54.7 Å². The maximum absolute atomic E-state index is 8.94. The Morgan fingerprint density at radius 2 is 2.00 bits per heavy atom. The molecule has 0 spiro atoms. The van der Waals surface area contributed by atoms with Crippen LogP contribution in [0.1, 0.15) is 39.5 Å². The Balaban J connectivity index is 1.51. The first kappa shape index (κ1) is 18.1. The first-order valence-corrected chi connectivity index (χ1v) is 9.32. The average molecular weight is 363 g/mol. The zero-order chi connectivity index (χ0) is 18.4. The van der Waals surface area contributed by atoms with E-state index in [1.807, 2.05) is 36.5 Å². The molecule has 5 heteroatoms. The normalized spacial score (nSPS) is 11.7. The third-order valence-electron chi connectivity index (χ3n) is 4.01. The lowest BCUT2D eigenvalue weighted by atomic mass is 10.1. The molecule has 3 rings (SSSR count). The zero-order valence-corrected chi connectivity index (χ0v) is 15.7. The quantitative estimate of drug-likeness (QED) is 0.658. The number of hydrogen-bond acceptors (Lipinski definition) is 5. The van der Waals surface area contributed by atoms with Crippen LogP contribution in [0.4, 0.5) is 0 Å². The van der Waals surface area contributed by atoms with Gasteiger partial charge in [-0.1, -0.05) is 24.3 Å². The summed E-state index contributed by atoms with van der Waals surface area (Å²) in [6.45, 7) is 5.44. The molecule has 0 saturated heterocycles. The Kier molecular flexibility index (Phi) is 6.00. The molecule has 3 aromatic rings. The third-order valence-corrected chi connectivity index (χ3v) is 5.10. The highest BCUT2D eigenvalue weighted by molar-refractivity contribution is 7.11. The van der Waals surface area contributed by atoms with E-state index in [1.54, 1.807) is 17.4 Å². The van der Waals surface area contributed by atoms with E-state index in [0.29, 0.717) is 12.2 Å². The molecule has 1 unspecified atom stereocenters. The van der Waals surface area contributed by atoms with Gasteiger partial charge < -0.3 is 10.1 Å². The van der Waals surface area contributed by atoms with E-state index >= 15 is 0 Å². The smallest absolute Gasteiger partial charge is 0.119 e. The number of benzene rings is 2. The fraction of sp³-hybridized carbons (Fsp3) is 0.238. The number of nitrogens with one attached hydrogen (secondary N) is 1. The second-order valence-corrected chi connectivity index (χ2v) is 7.42. The number of thiazole rings is 1. The maximum Gasteiger partial charge on any atom is 0.119 e. The summed E-state index contributed by atoms with van der Waals surface area (Å²) in [6.07, 6.45) is 1.91. The van der Waals surface area contributed by atoms with Crippen molar-refractivity contribution in [3.63, 3.8) is 0 Å². The van der Waals surface area contributed by atoms with Gasteiger partial charge in [-0.2, -0.15) is 5.26 Å². The van der Waals surface area contributed by atoms with Crippen molar-refractivity contribution in [2.45, 2.75) is 33.0 Å². The molecule has 0 bridgehead atoms. The first-order valence-electron chi connectivity index (χ1n) is 8.50. The van der Waals surface area contributed by atoms with E-state index in [1.165, 1.54) is 10.4 Å². The monoisotopic (exact) mass is 363 g/mol. The van der Waals surface area contributed by atoms with Gasteiger partial charge in [0, 0.05) is 17.6 Å². The Bertz CT molecular complexity index is 896. The zero-order valence-electron chi connectivity index (χ0n) is 14.9. The van der Waals surface area contributed by atoms with Crippen molar-refractivity contribution < 1.29 is 4.74 Å². The van der Waals surface area contributed by atoms with Crippen LogP contribution in [0.3, 0.4) is 0 Å². The topological polar surface area (TPSA) is 57.9 Å². The number of aryl methyl sites for hydroxylation is 1. The predicted octanol–water partition coefficient (Wildman–Crippen LogP) is 4.75. The molecule has 0 aliphatic rings. The van der Waals surface area contributed by atoms with Crippen LogP contribution >= 0.6 is 11.3 Å². The van der Waals surface area contributed by atoms with E-state index in [4.69, 9.17) is 10.00 Å². The Hall–Kier alpha value is -2.68. The molecular formula is C21H21N3OS. The van der Waals surface area contributed by atoms with Gasteiger partial charge in [0.2, 0.25) is 0 Å². The second kappa shape index (κ2) is 8.61. The van der Waals surface area contributed by atoms with Crippen molar-refractivity contribution in [1.82, 2.24) is 10.3 Å². The molecule has 2 aromatic carbocycles. The van der Waals surface area contributed by atoms with Gasteiger partial charge in [-0.15, -0.1) is 11.3 Å². The van der Waals surface area contributed by atoms with Gasteiger partial charge in [-0.05, 0) is 49.2 Å². The molecule has 0 aliphatic heterocycles. The van der Waals surface area contributed by atoms with Crippen LogP contribution < -0.4 is 10.1 Å². The van der Waals surface area contributed by atoms with Gasteiger partial charge in [-0.3, -0.25) is 0 Å². The molecule has 0 saturated carbocycles. The summed E-state index contributed by atoms with van der Waals surface area (Å²) in [5, 5.41) is 13.5. The number of aromatic nitrogens is 1. The highest BCUT2D eigenvalue weighted by atomic mass is 32.1. The fourth-order valence-electron chi connectivity index (χ4n) is 2.53. The van der Waals surface area contributed by atoms with Crippen molar-refractivity contribution in [3.8, 4) is 11.8 Å². The molecule has 0 radical (unpaired) electrons. The second-order valence-electron chi connectivity index (χ2n) is 6.16. The number of rotatable bonds is 7. The minimum absolute atomic E-state index is 0.233. The third kappa shape index (κ3) is 4.92. The molecule has 0 fully saturated rings. The summed E-state index contributed by atoms with van der Waals surface area (Å²) in [5.74, 6) is 0.819. The fourth-order valence-corrected chi connectivity index (χ4v) is 3.33. The van der Waals surface area contributed by atoms with Crippen LogP contribution in [0.5, 0.6) is 5.75 Å². The maximum atomic E-state index is 8.94. The molecule has 1 N–H and O–H groups in total. The lowest BCUT2D eigenvalue weighted by molar-refractivity contribution is 0.306. The molecule has 4 nitrogen and oxygen atoms in total. The Labute approximate surface area is 158 Å². The Morgan fingerprint density at radius 1 is 1.19 bits per heavy atom. The van der Waals surface area contributed by atoms with Crippen molar-refractivity contribution in [3.05, 3.63) is 81.3 Å². The molecule has 1 atom stereocenters. The van der Waals surface area contributed by atoms with E-state index in [0.717, 1.165) is 22.9 Å². The standard InChI is InChI=1S/C21H21N3OS/c1-15-12-24-21(26-15)16(2)23-13-17-6-8-20(9-7-17)25-14-19-5-3-4-18(10-19)11-22/h3-10,12,16,23H,13-14H2,1-2H3. The number of hydrogen-bond donors (Lipinski definition) is 1. The number of ether oxygens (including phenoxy) is 1. The summed E-state index contributed by atoms with van der Waals surface area (Å²) in [5.41, 5.74) is 2.84. The SMILES string of the molecule is Cc1cnc(C(C)NCc2ccc(OCc3cccc(C#N)c3)cc2)s1. The van der Waals surface area contributed by atoms with E-state index < -0.39 is 0 Å². The lowest BCUT2D eigenvalue weighted by Gasteiger charge is -2.12. The van der Waals surface area contributed by atoms with Gasteiger partial charge in [0.15, 0.2) is 0 Å². The van der Waals surface area contributed by atoms with Crippen LogP contribution in [-0.2, 0) is 13.2 Å². The molecule has 1 heterocycles. The van der Waals surface area contributed by atoms with Crippen molar-refractivity contribution >= 4 is 11.3 Å². The van der Waals surface area contributed by atoms with Crippen molar-refractivity contribution in [2.24, 2.45) is 0 Å². The summed E-state index contributed by atoms with van der Waals surface area (Å²) < 4.78 is 5.81. The van der Waals surface area contributed by atoms with Crippen LogP contribution in [0.25, 0.3) is 0 Å². The minimum Gasteiger partial charge on any atom is -0.489 e. The number of nitrogens with zero attached hydrogens (tertiary/aromatic N) is 2. The van der Waals surface area contributed by atoms with Crippen LogP contribution in [-0.4, -0.2) is 4.98 Å². The molecular weight excluding hydrogens is 342 g/mol.